The number of halogens is 2. The zero-order valence-corrected chi connectivity index (χ0v) is 12.2. The third-order valence-electron chi connectivity index (χ3n) is 2.21. The molecule has 0 amide bonds. The van der Waals surface area contributed by atoms with Crippen molar-refractivity contribution in [2.24, 2.45) is 0 Å². The van der Waals surface area contributed by atoms with E-state index in [9.17, 15) is 10.1 Å². The van der Waals surface area contributed by atoms with Crippen LogP contribution in [0.15, 0.2) is 34.8 Å². The number of thiophene rings is 1. The van der Waals surface area contributed by atoms with E-state index in [1.807, 2.05) is 12.1 Å². The van der Waals surface area contributed by atoms with Crippen LogP contribution < -0.4 is 5.32 Å². The lowest BCUT2D eigenvalue weighted by molar-refractivity contribution is -0.380. The molecule has 1 aromatic heterocycles. The fourth-order valence-corrected chi connectivity index (χ4v) is 2.54. The molecule has 2 rings (SSSR count). The van der Waals surface area contributed by atoms with Gasteiger partial charge in [0.25, 0.3) is 0 Å². The molecule has 0 radical (unpaired) electrons. The van der Waals surface area contributed by atoms with Crippen LogP contribution in [-0.2, 0) is 6.54 Å². The molecule has 0 saturated carbocycles. The highest BCUT2D eigenvalue weighted by molar-refractivity contribution is 9.10. The summed E-state index contributed by atoms with van der Waals surface area (Å²) in [5.41, 5.74) is 0.874. The first-order valence-electron chi connectivity index (χ1n) is 4.98. The van der Waals surface area contributed by atoms with E-state index in [2.05, 4.69) is 21.2 Å². The van der Waals surface area contributed by atoms with E-state index in [1.54, 1.807) is 12.1 Å². The van der Waals surface area contributed by atoms with Gasteiger partial charge in [-0.25, -0.2) is 0 Å². The Morgan fingerprint density at radius 1 is 1.39 bits per heavy atom. The second kappa shape index (κ2) is 5.69. The highest BCUT2D eigenvalue weighted by Crippen LogP contribution is 2.27. The van der Waals surface area contributed by atoms with Crippen LogP contribution in [0.25, 0.3) is 0 Å². The van der Waals surface area contributed by atoms with Crippen LogP contribution >= 0.6 is 38.9 Å². The standard InChI is InChI=1S/C11H8BrClN2O2S/c12-9-3-1-7(5-10(9)13)14-6-8-2-4-11(18-8)15(16)17/h1-5,14H,6H2. The molecular formula is C11H8BrClN2O2S. The van der Waals surface area contributed by atoms with E-state index in [4.69, 9.17) is 11.6 Å². The molecule has 0 aliphatic carbocycles. The molecule has 0 atom stereocenters. The maximum atomic E-state index is 10.5. The monoisotopic (exact) mass is 346 g/mol. The molecule has 7 heteroatoms. The highest BCUT2D eigenvalue weighted by Gasteiger charge is 2.09. The molecule has 18 heavy (non-hydrogen) atoms. The van der Waals surface area contributed by atoms with Gasteiger partial charge in [-0.2, -0.15) is 0 Å². The minimum Gasteiger partial charge on any atom is -0.380 e. The van der Waals surface area contributed by atoms with Crippen molar-refractivity contribution in [1.82, 2.24) is 0 Å². The Hall–Kier alpha value is -1.11. The topological polar surface area (TPSA) is 55.2 Å². The summed E-state index contributed by atoms with van der Waals surface area (Å²) in [6.45, 7) is 0.538. The molecule has 0 spiro atoms. The zero-order chi connectivity index (χ0) is 13.1. The summed E-state index contributed by atoms with van der Waals surface area (Å²) in [4.78, 5) is 11.1. The lowest BCUT2D eigenvalue weighted by Gasteiger charge is -2.05. The quantitative estimate of drug-likeness (QED) is 0.645. The predicted molar refractivity (Wildman–Crippen MR) is 77.5 cm³/mol. The average Bonchev–Trinajstić information content (AvgIpc) is 2.79. The van der Waals surface area contributed by atoms with E-state index in [0.717, 1.165) is 26.4 Å². The minimum atomic E-state index is -0.384. The smallest absolute Gasteiger partial charge is 0.324 e. The fourth-order valence-electron chi connectivity index (χ4n) is 1.35. The molecular weight excluding hydrogens is 340 g/mol. The van der Waals surface area contributed by atoms with Gasteiger partial charge in [-0.3, -0.25) is 10.1 Å². The van der Waals surface area contributed by atoms with E-state index in [1.165, 1.54) is 6.07 Å². The van der Waals surface area contributed by atoms with Crippen molar-refractivity contribution in [3.05, 3.63) is 54.8 Å². The van der Waals surface area contributed by atoms with Crippen molar-refractivity contribution in [2.45, 2.75) is 6.54 Å². The van der Waals surface area contributed by atoms with E-state index >= 15 is 0 Å². The number of rotatable bonds is 4. The van der Waals surface area contributed by atoms with Gasteiger partial charge in [-0.05, 0) is 40.2 Å². The van der Waals surface area contributed by atoms with Crippen LogP contribution in [0, 0.1) is 10.1 Å². The van der Waals surface area contributed by atoms with Gasteiger partial charge in [0.1, 0.15) is 0 Å². The van der Waals surface area contributed by atoms with Crippen LogP contribution in [0.5, 0.6) is 0 Å². The highest BCUT2D eigenvalue weighted by atomic mass is 79.9. The number of hydrogen-bond donors (Lipinski definition) is 1. The summed E-state index contributed by atoms with van der Waals surface area (Å²) in [6, 6.07) is 8.79. The third-order valence-corrected chi connectivity index (χ3v) is 4.48. The van der Waals surface area contributed by atoms with Crippen LogP contribution in [0.2, 0.25) is 5.02 Å². The van der Waals surface area contributed by atoms with Gasteiger partial charge in [0, 0.05) is 27.6 Å². The minimum absolute atomic E-state index is 0.153. The van der Waals surface area contributed by atoms with Crippen LogP contribution in [0.4, 0.5) is 10.7 Å². The number of anilines is 1. The summed E-state index contributed by atoms with van der Waals surface area (Å²) in [7, 11) is 0. The van der Waals surface area contributed by atoms with Gasteiger partial charge >= 0.3 is 5.00 Å². The Morgan fingerprint density at radius 3 is 2.78 bits per heavy atom. The van der Waals surface area contributed by atoms with E-state index in [0.29, 0.717) is 11.6 Å². The molecule has 0 bridgehead atoms. The average molecular weight is 348 g/mol. The maximum absolute atomic E-state index is 10.5. The molecule has 1 N–H and O–H groups in total. The molecule has 2 aromatic rings. The van der Waals surface area contributed by atoms with E-state index in [-0.39, 0.29) is 9.92 Å². The van der Waals surface area contributed by atoms with Crippen LogP contribution in [0.3, 0.4) is 0 Å². The van der Waals surface area contributed by atoms with Crippen molar-refractivity contribution < 1.29 is 4.92 Å². The second-order valence-corrected chi connectivity index (χ2v) is 5.89. The Morgan fingerprint density at radius 2 is 2.17 bits per heavy atom. The van der Waals surface area contributed by atoms with Gasteiger partial charge in [-0.1, -0.05) is 22.9 Å². The molecule has 4 nitrogen and oxygen atoms in total. The first kappa shape index (κ1) is 13.3. The largest absolute Gasteiger partial charge is 0.380 e. The van der Waals surface area contributed by atoms with Gasteiger partial charge in [0.05, 0.1) is 9.95 Å². The summed E-state index contributed by atoms with van der Waals surface area (Å²) >= 11 is 10.4. The summed E-state index contributed by atoms with van der Waals surface area (Å²) < 4.78 is 0.835. The van der Waals surface area contributed by atoms with Crippen LogP contribution in [-0.4, -0.2) is 4.92 Å². The Kier molecular flexibility index (Phi) is 4.21. The van der Waals surface area contributed by atoms with Crippen molar-refractivity contribution in [2.75, 3.05) is 5.32 Å². The molecule has 94 valence electrons. The predicted octanol–water partition coefficient (Wildman–Crippen LogP) is 4.68. The lowest BCUT2D eigenvalue weighted by atomic mass is 10.3. The molecule has 0 fully saturated rings. The van der Waals surface area contributed by atoms with E-state index < -0.39 is 0 Å². The summed E-state index contributed by atoms with van der Waals surface area (Å²) in [6.07, 6.45) is 0. The first-order chi connectivity index (χ1) is 8.56. The number of hydrogen-bond acceptors (Lipinski definition) is 4. The number of nitrogens with zero attached hydrogens (tertiary/aromatic N) is 1. The molecule has 0 saturated heterocycles. The molecule has 0 aliphatic rings. The maximum Gasteiger partial charge on any atom is 0.324 e. The van der Waals surface area contributed by atoms with Gasteiger partial charge in [0.15, 0.2) is 0 Å². The lowest BCUT2D eigenvalue weighted by Crippen LogP contribution is -1.96. The number of benzene rings is 1. The SMILES string of the molecule is O=[N+]([O-])c1ccc(CNc2ccc(Br)c(Cl)c2)s1. The van der Waals surface area contributed by atoms with Crippen LogP contribution in [0.1, 0.15) is 4.88 Å². The Bertz CT molecular complexity index is 588. The molecule has 0 aliphatic heterocycles. The number of nitrogens with one attached hydrogen (secondary N) is 1. The van der Waals surface area contributed by atoms with Crippen molar-refractivity contribution in [3.63, 3.8) is 0 Å². The van der Waals surface area contributed by atoms with Crippen molar-refractivity contribution >= 4 is 49.6 Å². The zero-order valence-electron chi connectivity index (χ0n) is 9.02. The van der Waals surface area contributed by atoms with Crippen molar-refractivity contribution in [3.8, 4) is 0 Å². The normalized spacial score (nSPS) is 10.3. The van der Waals surface area contributed by atoms with Crippen molar-refractivity contribution in [1.29, 1.82) is 0 Å². The van der Waals surface area contributed by atoms with Gasteiger partial charge in [-0.15, -0.1) is 0 Å². The molecule has 1 aromatic carbocycles. The summed E-state index contributed by atoms with van der Waals surface area (Å²) in [5, 5.41) is 14.5. The Labute approximate surface area is 121 Å². The Balaban J connectivity index is 2.02. The first-order valence-corrected chi connectivity index (χ1v) is 6.97. The van der Waals surface area contributed by atoms with Gasteiger partial charge < -0.3 is 5.32 Å². The third kappa shape index (κ3) is 3.22. The fraction of sp³-hybridized carbons (Fsp3) is 0.0909. The van der Waals surface area contributed by atoms with Gasteiger partial charge in [0.2, 0.25) is 0 Å². The summed E-state index contributed by atoms with van der Waals surface area (Å²) in [5.74, 6) is 0. The molecule has 1 heterocycles. The second-order valence-electron chi connectivity index (χ2n) is 3.48. The molecule has 0 unspecified atom stereocenters. The number of nitro groups is 1.